The van der Waals surface area contributed by atoms with Gasteiger partial charge in [0.25, 0.3) is 16.8 Å². The summed E-state index contributed by atoms with van der Waals surface area (Å²) in [6.07, 6.45) is 1.47. The fourth-order valence-electron chi connectivity index (χ4n) is 3.52. The van der Waals surface area contributed by atoms with Gasteiger partial charge in [-0.2, -0.15) is 0 Å². The summed E-state index contributed by atoms with van der Waals surface area (Å²) in [5.41, 5.74) is -0.394. The molecule has 3 aromatic rings. The van der Waals surface area contributed by atoms with Crippen LogP contribution in [0.4, 0.5) is 20.6 Å². The lowest BCUT2D eigenvalue weighted by molar-refractivity contribution is -0.394. The molecule has 1 aliphatic rings. The van der Waals surface area contributed by atoms with Gasteiger partial charge in [0.2, 0.25) is 5.75 Å². The second kappa shape index (κ2) is 11.1. The number of imide groups is 1. The van der Waals surface area contributed by atoms with Gasteiger partial charge >= 0.3 is 5.69 Å². The van der Waals surface area contributed by atoms with E-state index >= 15 is 0 Å². The first-order chi connectivity index (χ1) is 18.2. The lowest BCUT2D eigenvalue weighted by Gasteiger charge is -2.13. The molecule has 4 rings (SSSR count). The van der Waals surface area contributed by atoms with E-state index in [1.54, 1.807) is 19.1 Å². The number of nitro benzene ring substituents is 2. The minimum atomic E-state index is -0.797. The first-order valence-corrected chi connectivity index (χ1v) is 11.9. The van der Waals surface area contributed by atoms with Gasteiger partial charge < -0.3 is 9.47 Å². The molecule has 1 heterocycles. The number of thioether (sulfide) groups is 1. The quantitative estimate of drug-likeness (QED) is 0.180. The lowest BCUT2D eigenvalue weighted by Crippen LogP contribution is -2.27. The van der Waals surface area contributed by atoms with Crippen LogP contribution in [0, 0.1) is 26.0 Å². The maximum atomic E-state index is 14.0. The maximum absolute atomic E-state index is 14.0. The van der Waals surface area contributed by atoms with Crippen LogP contribution in [0.15, 0.2) is 65.6 Å². The number of ether oxygens (including phenoxy) is 2. The molecule has 1 aliphatic heterocycles. The molecule has 1 saturated heterocycles. The van der Waals surface area contributed by atoms with Crippen LogP contribution in [0.25, 0.3) is 6.08 Å². The number of hydrogen-bond acceptors (Lipinski definition) is 9. The fraction of sp³-hybridized carbons (Fsp3) is 0.120. The molecule has 0 spiro atoms. The van der Waals surface area contributed by atoms with Gasteiger partial charge in [0.15, 0.2) is 11.5 Å². The van der Waals surface area contributed by atoms with Crippen LogP contribution in [0.5, 0.6) is 17.2 Å². The Bertz CT molecular complexity index is 1490. The molecule has 11 nitrogen and oxygen atoms in total. The Kier molecular flexibility index (Phi) is 7.67. The number of amides is 2. The SMILES string of the molecule is CCOc1cc(/C=C2\SC(=O)N(Cc3ccccc3F)C2=O)ccc1Oc1ccc([N+](=O)[O-])cc1[N+](=O)[O-]. The summed E-state index contributed by atoms with van der Waals surface area (Å²) in [7, 11) is 0. The van der Waals surface area contributed by atoms with Crippen molar-refractivity contribution in [3.63, 3.8) is 0 Å². The van der Waals surface area contributed by atoms with E-state index in [0.717, 1.165) is 23.1 Å². The van der Waals surface area contributed by atoms with Gasteiger partial charge in [-0.05, 0) is 54.6 Å². The standard InChI is InChI=1S/C25H18FN3O8S/c1-2-36-22-11-15(7-9-21(22)37-20-10-8-17(28(32)33)13-19(20)29(34)35)12-23-24(30)27(25(31)38-23)14-16-5-3-4-6-18(16)26/h3-13H,2,14H2,1H3/b23-12-. The van der Waals surface area contributed by atoms with E-state index < -0.39 is 38.2 Å². The van der Waals surface area contributed by atoms with Crippen LogP contribution < -0.4 is 9.47 Å². The molecule has 0 atom stereocenters. The van der Waals surface area contributed by atoms with Crippen molar-refractivity contribution in [1.29, 1.82) is 0 Å². The zero-order valence-corrected chi connectivity index (χ0v) is 20.5. The average Bonchev–Trinajstić information content (AvgIpc) is 3.14. The molecule has 13 heteroatoms. The Labute approximate surface area is 218 Å². The van der Waals surface area contributed by atoms with Gasteiger partial charge in [-0.15, -0.1) is 0 Å². The molecule has 0 aliphatic carbocycles. The lowest BCUT2D eigenvalue weighted by atomic mass is 10.1. The molecule has 0 unspecified atom stereocenters. The minimum Gasteiger partial charge on any atom is -0.490 e. The molecule has 0 N–H and O–H groups in total. The molecule has 0 radical (unpaired) electrons. The molecule has 194 valence electrons. The summed E-state index contributed by atoms with van der Waals surface area (Å²) in [6, 6.07) is 13.3. The van der Waals surface area contributed by atoms with Crippen LogP contribution in [-0.4, -0.2) is 32.5 Å². The number of benzene rings is 3. The second-order valence-corrected chi connectivity index (χ2v) is 8.76. The summed E-state index contributed by atoms with van der Waals surface area (Å²) in [5, 5.41) is 21.9. The minimum absolute atomic E-state index is 0.0913. The van der Waals surface area contributed by atoms with Crippen molar-refractivity contribution in [2.75, 3.05) is 6.61 Å². The van der Waals surface area contributed by atoms with E-state index in [9.17, 15) is 34.2 Å². The van der Waals surface area contributed by atoms with Crippen LogP contribution in [0.2, 0.25) is 0 Å². The Morgan fingerprint density at radius 3 is 2.39 bits per heavy atom. The molecular weight excluding hydrogens is 521 g/mol. The van der Waals surface area contributed by atoms with Gasteiger partial charge in [-0.25, -0.2) is 4.39 Å². The molecule has 38 heavy (non-hydrogen) atoms. The van der Waals surface area contributed by atoms with Crippen molar-refractivity contribution in [2.24, 2.45) is 0 Å². The first-order valence-electron chi connectivity index (χ1n) is 11.0. The number of rotatable bonds is 9. The van der Waals surface area contributed by atoms with Crippen molar-refractivity contribution < 1.29 is 33.3 Å². The summed E-state index contributed by atoms with van der Waals surface area (Å²) in [6.45, 7) is 1.71. The Hall–Kier alpha value is -4.78. The van der Waals surface area contributed by atoms with E-state index in [2.05, 4.69) is 0 Å². The van der Waals surface area contributed by atoms with Gasteiger partial charge in [0.1, 0.15) is 5.82 Å². The van der Waals surface area contributed by atoms with Crippen LogP contribution in [0.3, 0.4) is 0 Å². The van der Waals surface area contributed by atoms with Crippen molar-refractivity contribution in [3.05, 3.63) is 103 Å². The Morgan fingerprint density at radius 2 is 1.71 bits per heavy atom. The van der Waals surface area contributed by atoms with E-state index in [0.29, 0.717) is 17.3 Å². The third kappa shape index (κ3) is 5.62. The summed E-state index contributed by atoms with van der Waals surface area (Å²) < 4.78 is 25.3. The third-order valence-corrected chi connectivity index (χ3v) is 6.20. The predicted molar refractivity (Wildman–Crippen MR) is 135 cm³/mol. The zero-order chi connectivity index (χ0) is 27.4. The number of nitro groups is 2. The molecule has 3 aromatic carbocycles. The number of nitrogens with zero attached hydrogens (tertiary/aromatic N) is 3. The number of carbonyl (C=O) groups excluding carboxylic acids is 2. The van der Waals surface area contributed by atoms with Crippen LogP contribution in [-0.2, 0) is 11.3 Å². The van der Waals surface area contributed by atoms with Gasteiger partial charge in [-0.1, -0.05) is 24.3 Å². The van der Waals surface area contributed by atoms with Crippen molar-refractivity contribution >= 4 is 40.4 Å². The highest BCUT2D eigenvalue weighted by molar-refractivity contribution is 8.18. The van der Waals surface area contributed by atoms with Gasteiger partial charge in [0, 0.05) is 11.6 Å². The van der Waals surface area contributed by atoms with E-state index in [-0.39, 0.29) is 40.9 Å². The van der Waals surface area contributed by atoms with Crippen molar-refractivity contribution in [3.8, 4) is 17.2 Å². The molecule has 0 bridgehead atoms. The third-order valence-electron chi connectivity index (χ3n) is 5.30. The summed E-state index contributed by atoms with van der Waals surface area (Å²) in [4.78, 5) is 47.2. The fourth-order valence-corrected chi connectivity index (χ4v) is 4.36. The predicted octanol–water partition coefficient (Wildman–Crippen LogP) is 6.07. The van der Waals surface area contributed by atoms with E-state index in [1.165, 1.54) is 36.4 Å². The van der Waals surface area contributed by atoms with Crippen LogP contribution >= 0.6 is 11.8 Å². The highest BCUT2D eigenvalue weighted by atomic mass is 32.2. The molecule has 0 saturated carbocycles. The smallest absolute Gasteiger partial charge is 0.318 e. The maximum Gasteiger partial charge on any atom is 0.318 e. The largest absolute Gasteiger partial charge is 0.490 e. The second-order valence-electron chi connectivity index (χ2n) is 7.77. The van der Waals surface area contributed by atoms with Crippen LogP contribution in [0.1, 0.15) is 18.1 Å². The summed E-state index contributed by atoms with van der Waals surface area (Å²) in [5.74, 6) is -1.07. The number of carbonyl (C=O) groups is 2. The average molecular weight is 539 g/mol. The van der Waals surface area contributed by atoms with Gasteiger partial charge in [-0.3, -0.25) is 34.7 Å². The Balaban J connectivity index is 1.60. The highest BCUT2D eigenvalue weighted by Crippen LogP contribution is 2.40. The Morgan fingerprint density at radius 1 is 0.974 bits per heavy atom. The summed E-state index contributed by atoms with van der Waals surface area (Å²) >= 11 is 0.711. The number of halogens is 1. The monoisotopic (exact) mass is 539 g/mol. The zero-order valence-electron chi connectivity index (χ0n) is 19.7. The topological polar surface area (TPSA) is 142 Å². The highest BCUT2D eigenvalue weighted by Gasteiger charge is 2.35. The molecule has 1 fully saturated rings. The molecule has 0 aromatic heterocycles. The molecule has 2 amide bonds. The number of non-ortho nitro benzene ring substituents is 1. The van der Waals surface area contributed by atoms with E-state index in [1.807, 2.05) is 0 Å². The van der Waals surface area contributed by atoms with Gasteiger partial charge in [0.05, 0.1) is 34.0 Å². The van der Waals surface area contributed by atoms with Crippen molar-refractivity contribution in [2.45, 2.75) is 13.5 Å². The first kappa shape index (κ1) is 26.3. The molecular formula is C25H18FN3O8S. The number of hydrogen-bond donors (Lipinski definition) is 0. The van der Waals surface area contributed by atoms with Crippen molar-refractivity contribution in [1.82, 2.24) is 4.90 Å². The van der Waals surface area contributed by atoms with E-state index in [4.69, 9.17) is 9.47 Å². The normalized spacial score (nSPS) is 14.2.